The van der Waals surface area contributed by atoms with Crippen molar-refractivity contribution in [2.24, 2.45) is 5.10 Å². The van der Waals surface area contributed by atoms with E-state index in [4.69, 9.17) is 16.3 Å². The van der Waals surface area contributed by atoms with Gasteiger partial charge in [-0.2, -0.15) is 5.10 Å². The van der Waals surface area contributed by atoms with Gasteiger partial charge in [-0.15, -0.1) is 0 Å². The Morgan fingerprint density at radius 1 is 1.03 bits per heavy atom. The van der Waals surface area contributed by atoms with Crippen molar-refractivity contribution in [3.8, 4) is 5.75 Å². The first-order valence-electron chi connectivity index (χ1n) is 10.1. The van der Waals surface area contributed by atoms with E-state index in [0.717, 1.165) is 6.26 Å². The standard InChI is InChI=1S/C24H22ClN3O5S/c1-17(29)33-22-13-7-18(8-14-22)15-26-27-24(30)19-9-11-21(12-10-19)28(34(2,31)32)16-20-5-3-4-6-23(20)25/h3-15H,16H2,1-2H3,(H,27,30)/b26-15-. The molecule has 0 bridgehead atoms. The fraction of sp³-hybridized carbons (Fsp3) is 0.125. The van der Waals surface area contributed by atoms with Gasteiger partial charge in [-0.1, -0.05) is 29.8 Å². The van der Waals surface area contributed by atoms with E-state index in [-0.39, 0.29) is 6.54 Å². The van der Waals surface area contributed by atoms with Crippen molar-refractivity contribution in [2.45, 2.75) is 13.5 Å². The molecule has 0 aromatic heterocycles. The van der Waals surface area contributed by atoms with Crippen molar-refractivity contribution in [1.29, 1.82) is 0 Å². The third-order valence-corrected chi connectivity index (χ3v) is 6.12. The molecule has 1 N–H and O–H groups in total. The van der Waals surface area contributed by atoms with Gasteiger partial charge in [-0.3, -0.25) is 13.9 Å². The van der Waals surface area contributed by atoms with E-state index in [1.54, 1.807) is 60.7 Å². The molecule has 10 heteroatoms. The second-order valence-electron chi connectivity index (χ2n) is 7.27. The lowest BCUT2D eigenvalue weighted by molar-refractivity contribution is -0.131. The van der Waals surface area contributed by atoms with Gasteiger partial charge in [0.05, 0.1) is 24.7 Å². The van der Waals surface area contributed by atoms with Crippen LogP contribution in [0.3, 0.4) is 0 Å². The highest BCUT2D eigenvalue weighted by molar-refractivity contribution is 7.92. The van der Waals surface area contributed by atoms with Gasteiger partial charge in [0, 0.05) is 17.5 Å². The number of hydrogen-bond donors (Lipinski definition) is 1. The minimum absolute atomic E-state index is 0.0601. The first kappa shape index (κ1) is 24.9. The highest BCUT2D eigenvalue weighted by atomic mass is 35.5. The molecule has 0 fully saturated rings. The molecule has 0 heterocycles. The number of carbonyl (C=O) groups is 2. The zero-order chi connectivity index (χ0) is 24.7. The predicted molar refractivity (Wildman–Crippen MR) is 132 cm³/mol. The predicted octanol–water partition coefficient (Wildman–Crippen LogP) is 4.00. The lowest BCUT2D eigenvalue weighted by Crippen LogP contribution is -2.29. The third kappa shape index (κ3) is 6.90. The number of hydrogen-bond acceptors (Lipinski definition) is 6. The van der Waals surface area contributed by atoms with Gasteiger partial charge < -0.3 is 4.74 Å². The largest absolute Gasteiger partial charge is 0.427 e. The Hall–Kier alpha value is -3.69. The van der Waals surface area contributed by atoms with E-state index in [0.29, 0.717) is 33.1 Å². The number of sulfonamides is 1. The molecule has 0 radical (unpaired) electrons. The summed E-state index contributed by atoms with van der Waals surface area (Å²) in [6.45, 7) is 1.37. The summed E-state index contributed by atoms with van der Waals surface area (Å²) >= 11 is 6.19. The van der Waals surface area contributed by atoms with Gasteiger partial charge in [0.2, 0.25) is 10.0 Å². The van der Waals surface area contributed by atoms with Gasteiger partial charge >= 0.3 is 5.97 Å². The van der Waals surface area contributed by atoms with Crippen LogP contribution in [0.25, 0.3) is 0 Å². The fourth-order valence-electron chi connectivity index (χ4n) is 2.98. The van der Waals surface area contributed by atoms with Crippen molar-refractivity contribution < 1.29 is 22.7 Å². The molecular weight excluding hydrogens is 478 g/mol. The molecule has 0 spiro atoms. The number of amides is 1. The summed E-state index contributed by atoms with van der Waals surface area (Å²) in [6.07, 6.45) is 2.55. The summed E-state index contributed by atoms with van der Waals surface area (Å²) in [4.78, 5) is 23.3. The summed E-state index contributed by atoms with van der Waals surface area (Å²) in [5.41, 5.74) is 4.47. The van der Waals surface area contributed by atoms with Gasteiger partial charge in [0.25, 0.3) is 5.91 Å². The van der Waals surface area contributed by atoms with Crippen LogP contribution in [0.4, 0.5) is 5.69 Å². The summed E-state index contributed by atoms with van der Waals surface area (Å²) in [5.74, 6) is -0.467. The molecule has 0 aliphatic heterocycles. The van der Waals surface area contributed by atoms with Crippen LogP contribution < -0.4 is 14.5 Å². The van der Waals surface area contributed by atoms with E-state index >= 15 is 0 Å². The zero-order valence-corrected chi connectivity index (χ0v) is 20.0. The van der Waals surface area contributed by atoms with Crippen LogP contribution in [0, 0.1) is 0 Å². The normalized spacial score (nSPS) is 11.3. The Balaban J connectivity index is 1.67. The Morgan fingerprint density at radius 3 is 2.26 bits per heavy atom. The maximum Gasteiger partial charge on any atom is 0.308 e. The van der Waals surface area contributed by atoms with Crippen LogP contribution in [0.5, 0.6) is 5.75 Å². The summed E-state index contributed by atoms with van der Waals surface area (Å²) in [7, 11) is -3.60. The molecule has 0 aliphatic carbocycles. The molecule has 34 heavy (non-hydrogen) atoms. The monoisotopic (exact) mass is 499 g/mol. The van der Waals surface area contributed by atoms with Crippen LogP contribution in [0.1, 0.15) is 28.4 Å². The number of carbonyl (C=O) groups excluding carboxylic acids is 2. The Labute approximate surface area is 202 Å². The van der Waals surface area contributed by atoms with E-state index in [2.05, 4.69) is 10.5 Å². The van der Waals surface area contributed by atoms with Crippen molar-refractivity contribution in [1.82, 2.24) is 5.43 Å². The molecule has 0 unspecified atom stereocenters. The number of ether oxygens (including phenoxy) is 1. The smallest absolute Gasteiger partial charge is 0.308 e. The highest BCUT2D eigenvalue weighted by Gasteiger charge is 2.19. The fourth-order valence-corrected chi connectivity index (χ4v) is 4.05. The number of halogens is 1. The van der Waals surface area contributed by atoms with Crippen molar-refractivity contribution in [3.05, 3.63) is 94.5 Å². The van der Waals surface area contributed by atoms with Crippen molar-refractivity contribution in [3.63, 3.8) is 0 Å². The highest BCUT2D eigenvalue weighted by Crippen LogP contribution is 2.24. The molecule has 3 rings (SSSR count). The first-order valence-corrected chi connectivity index (χ1v) is 12.3. The number of esters is 1. The van der Waals surface area contributed by atoms with Gasteiger partial charge in [0.15, 0.2) is 0 Å². The third-order valence-electron chi connectivity index (χ3n) is 4.61. The quantitative estimate of drug-likeness (QED) is 0.218. The number of anilines is 1. The topological polar surface area (TPSA) is 105 Å². The number of nitrogens with one attached hydrogen (secondary N) is 1. The molecule has 1 amide bonds. The van der Waals surface area contributed by atoms with E-state index in [1.165, 1.54) is 29.6 Å². The van der Waals surface area contributed by atoms with Crippen molar-refractivity contribution in [2.75, 3.05) is 10.6 Å². The summed E-state index contributed by atoms with van der Waals surface area (Å²) < 4.78 is 30.9. The molecule has 0 aliphatic rings. The average molecular weight is 500 g/mol. The van der Waals surface area contributed by atoms with Gasteiger partial charge in [-0.05, 0) is 65.7 Å². The number of hydrazone groups is 1. The maximum atomic E-state index is 12.4. The minimum Gasteiger partial charge on any atom is -0.427 e. The van der Waals surface area contributed by atoms with E-state index in [1.807, 2.05) is 0 Å². The SMILES string of the molecule is CC(=O)Oc1ccc(/C=N\NC(=O)c2ccc(N(Cc3ccccc3Cl)S(C)(=O)=O)cc2)cc1. The van der Waals surface area contributed by atoms with Crippen LogP contribution in [-0.4, -0.2) is 32.8 Å². The van der Waals surface area contributed by atoms with E-state index < -0.39 is 21.9 Å². The molecule has 176 valence electrons. The second kappa shape index (κ2) is 11.0. The molecular formula is C24H22ClN3O5S. The lowest BCUT2D eigenvalue weighted by atomic mass is 10.2. The zero-order valence-electron chi connectivity index (χ0n) is 18.4. The summed E-state index contributed by atoms with van der Waals surface area (Å²) in [5, 5.41) is 4.38. The van der Waals surface area contributed by atoms with Crippen LogP contribution in [0.15, 0.2) is 77.9 Å². The molecule has 0 saturated heterocycles. The van der Waals surface area contributed by atoms with Crippen LogP contribution >= 0.6 is 11.6 Å². The average Bonchev–Trinajstić information content (AvgIpc) is 2.78. The molecule has 0 saturated carbocycles. The Bertz CT molecular complexity index is 1310. The minimum atomic E-state index is -3.60. The Morgan fingerprint density at radius 2 is 1.68 bits per heavy atom. The lowest BCUT2D eigenvalue weighted by Gasteiger charge is -2.23. The number of nitrogens with zero attached hydrogens (tertiary/aromatic N) is 2. The Kier molecular flexibility index (Phi) is 8.04. The van der Waals surface area contributed by atoms with Crippen LogP contribution in [0.2, 0.25) is 5.02 Å². The van der Waals surface area contributed by atoms with Gasteiger partial charge in [-0.25, -0.2) is 13.8 Å². The first-order chi connectivity index (χ1) is 16.1. The molecule has 0 atom stereocenters. The summed E-state index contributed by atoms with van der Waals surface area (Å²) in [6, 6.07) is 19.7. The molecule has 3 aromatic rings. The van der Waals surface area contributed by atoms with Crippen LogP contribution in [-0.2, 0) is 21.4 Å². The van der Waals surface area contributed by atoms with E-state index in [9.17, 15) is 18.0 Å². The maximum absolute atomic E-state index is 12.4. The van der Waals surface area contributed by atoms with Crippen molar-refractivity contribution >= 4 is 45.4 Å². The number of benzene rings is 3. The van der Waals surface area contributed by atoms with Gasteiger partial charge in [0.1, 0.15) is 5.75 Å². The number of rotatable bonds is 8. The molecule has 3 aromatic carbocycles. The second-order valence-corrected chi connectivity index (χ2v) is 9.58. The molecule has 8 nitrogen and oxygen atoms in total.